The fraction of sp³-hybridized carbons (Fsp3) is 0.312. The lowest BCUT2D eigenvalue weighted by molar-refractivity contribution is 0.0950. The molecular formula is C16H16N4O3S. The molecule has 7 nitrogen and oxygen atoms in total. The molecule has 0 radical (unpaired) electrons. The van der Waals surface area contributed by atoms with Gasteiger partial charge in [-0.05, 0) is 37.0 Å². The minimum absolute atomic E-state index is 0.134. The smallest absolute Gasteiger partial charge is 0.326 e. The zero-order valence-corrected chi connectivity index (χ0v) is 13.6. The van der Waals surface area contributed by atoms with Crippen molar-refractivity contribution in [3.8, 4) is 0 Å². The van der Waals surface area contributed by atoms with Crippen LogP contribution in [-0.2, 0) is 13.1 Å². The zero-order valence-electron chi connectivity index (χ0n) is 12.8. The van der Waals surface area contributed by atoms with Crippen molar-refractivity contribution in [2.45, 2.75) is 25.9 Å². The molecule has 1 fully saturated rings. The van der Waals surface area contributed by atoms with E-state index < -0.39 is 0 Å². The van der Waals surface area contributed by atoms with Gasteiger partial charge in [0.2, 0.25) is 0 Å². The van der Waals surface area contributed by atoms with Crippen LogP contribution >= 0.6 is 11.3 Å². The standard InChI is InChI=1S/C16H16N4O3S/c21-14(17-6-11-8-24-16(23)18-11)10-3-4-13-12(5-10)19-15(22)20(13)7-9-1-2-9/h3-5,8-9H,1-2,6-7H2,(H,17,21)(H,18,23)(H,19,22). The van der Waals surface area contributed by atoms with E-state index >= 15 is 0 Å². The van der Waals surface area contributed by atoms with Gasteiger partial charge in [0.15, 0.2) is 0 Å². The Morgan fingerprint density at radius 2 is 2.12 bits per heavy atom. The molecule has 0 spiro atoms. The maximum Gasteiger partial charge on any atom is 0.326 e. The third-order valence-electron chi connectivity index (χ3n) is 4.18. The molecule has 2 heterocycles. The number of nitrogens with one attached hydrogen (secondary N) is 3. The first-order chi connectivity index (χ1) is 11.6. The van der Waals surface area contributed by atoms with Crippen LogP contribution in [0.4, 0.5) is 0 Å². The predicted octanol–water partition coefficient (Wildman–Crippen LogP) is 1.42. The summed E-state index contributed by atoms with van der Waals surface area (Å²) in [6, 6.07) is 5.20. The molecule has 1 saturated carbocycles. The highest BCUT2D eigenvalue weighted by Gasteiger charge is 2.23. The second-order valence-electron chi connectivity index (χ2n) is 6.07. The number of benzene rings is 1. The summed E-state index contributed by atoms with van der Waals surface area (Å²) in [7, 11) is 0. The molecule has 1 aromatic carbocycles. The number of rotatable bonds is 5. The average molecular weight is 344 g/mol. The van der Waals surface area contributed by atoms with Crippen LogP contribution in [0.5, 0.6) is 0 Å². The molecule has 1 aliphatic rings. The number of fused-ring (bicyclic) bond motifs is 1. The van der Waals surface area contributed by atoms with Gasteiger partial charge >= 0.3 is 10.6 Å². The molecule has 4 rings (SSSR count). The number of amides is 1. The summed E-state index contributed by atoms with van der Waals surface area (Å²) in [6.07, 6.45) is 2.34. The Bertz CT molecular complexity index is 1020. The molecule has 0 bridgehead atoms. The number of carbonyl (C=O) groups excluding carboxylic acids is 1. The molecule has 1 amide bonds. The van der Waals surface area contributed by atoms with E-state index in [1.165, 1.54) is 12.8 Å². The van der Waals surface area contributed by atoms with Crippen LogP contribution < -0.4 is 15.9 Å². The van der Waals surface area contributed by atoms with Gasteiger partial charge in [0.05, 0.1) is 17.6 Å². The number of aromatic nitrogens is 3. The van der Waals surface area contributed by atoms with Gasteiger partial charge in [-0.1, -0.05) is 11.3 Å². The van der Waals surface area contributed by atoms with Crippen LogP contribution in [0.15, 0.2) is 33.2 Å². The third-order valence-corrected chi connectivity index (χ3v) is 4.90. The lowest BCUT2D eigenvalue weighted by Gasteiger charge is -2.05. The number of carbonyl (C=O) groups is 1. The molecule has 0 atom stereocenters. The van der Waals surface area contributed by atoms with E-state index in [2.05, 4.69) is 15.3 Å². The Morgan fingerprint density at radius 1 is 1.29 bits per heavy atom. The van der Waals surface area contributed by atoms with Crippen molar-refractivity contribution in [1.82, 2.24) is 19.9 Å². The summed E-state index contributed by atoms with van der Waals surface area (Å²) in [5, 5.41) is 4.44. The second kappa shape index (κ2) is 5.79. The summed E-state index contributed by atoms with van der Waals surface area (Å²) in [5.41, 5.74) is 2.50. The predicted molar refractivity (Wildman–Crippen MR) is 91.4 cm³/mol. The number of H-pyrrole nitrogens is 2. The van der Waals surface area contributed by atoms with Crippen molar-refractivity contribution in [3.63, 3.8) is 0 Å². The molecule has 124 valence electrons. The number of hydrogen-bond acceptors (Lipinski definition) is 4. The first-order valence-corrected chi connectivity index (χ1v) is 8.65. The molecule has 0 unspecified atom stereocenters. The SMILES string of the molecule is O=C(NCc1csc(=O)[nH]1)c1ccc2c(c1)[nH]c(=O)n2CC1CC1. The largest absolute Gasteiger partial charge is 0.346 e. The highest BCUT2D eigenvalue weighted by atomic mass is 32.1. The van der Waals surface area contributed by atoms with E-state index in [9.17, 15) is 14.4 Å². The van der Waals surface area contributed by atoms with E-state index in [4.69, 9.17) is 0 Å². The summed E-state index contributed by atoms with van der Waals surface area (Å²) >= 11 is 1.06. The van der Waals surface area contributed by atoms with E-state index in [-0.39, 0.29) is 23.0 Å². The molecular weight excluding hydrogens is 328 g/mol. The van der Waals surface area contributed by atoms with Gasteiger partial charge in [-0.25, -0.2) is 4.79 Å². The molecule has 3 aromatic rings. The van der Waals surface area contributed by atoms with E-state index in [1.54, 1.807) is 28.1 Å². The normalized spacial score (nSPS) is 14.2. The third kappa shape index (κ3) is 2.92. The summed E-state index contributed by atoms with van der Waals surface area (Å²) < 4.78 is 1.74. The lowest BCUT2D eigenvalue weighted by atomic mass is 10.2. The molecule has 1 aliphatic carbocycles. The minimum atomic E-state index is -0.250. The maximum atomic E-state index is 12.2. The quantitative estimate of drug-likeness (QED) is 0.652. The van der Waals surface area contributed by atoms with E-state index in [0.29, 0.717) is 22.7 Å². The lowest BCUT2D eigenvalue weighted by Crippen LogP contribution is -2.23. The van der Waals surface area contributed by atoms with Crippen molar-refractivity contribution < 1.29 is 4.79 Å². The van der Waals surface area contributed by atoms with Gasteiger partial charge in [-0.3, -0.25) is 14.2 Å². The summed E-state index contributed by atoms with van der Waals surface area (Å²) in [4.78, 5) is 40.7. The molecule has 24 heavy (non-hydrogen) atoms. The highest BCUT2D eigenvalue weighted by molar-refractivity contribution is 7.07. The molecule has 2 aromatic heterocycles. The molecule has 0 saturated heterocycles. The number of nitrogens with zero attached hydrogens (tertiary/aromatic N) is 1. The Kier molecular flexibility index (Phi) is 3.61. The Hall–Kier alpha value is -2.61. The van der Waals surface area contributed by atoms with Crippen molar-refractivity contribution >= 4 is 28.3 Å². The first kappa shape index (κ1) is 14.9. The first-order valence-electron chi connectivity index (χ1n) is 7.77. The molecule has 8 heteroatoms. The second-order valence-corrected chi connectivity index (χ2v) is 6.91. The number of aromatic amines is 2. The van der Waals surface area contributed by atoms with Gasteiger partial charge in [0, 0.05) is 23.2 Å². The highest BCUT2D eigenvalue weighted by Crippen LogP contribution is 2.31. The summed E-state index contributed by atoms with van der Waals surface area (Å²) in [5.74, 6) is 0.345. The van der Waals surface area contributed by atoms with Crippen LogP contribution in [0.25, 0.3) is 11.0 Å². The van der Waals surface area contributed by atoms with Gasteiger partial charge in [0.1, 0.15) is 0 Å². The van der Waals surface area contributed by atoms with Crippen LogP contribution in [0.2, 0.25) is 0 Å². The van der Waals surface area contributed by atoms with Crippen LogP contribution in [-0.4, -0.2) is 20.4 Å². The Morgan fingerprint density at radius 3 is 2.83 bits per heavy atom. The topological polar surface area (TPSA) is 99.8 Å². The Balaban J connectivity index is 1.54. The van der Waals surface area contributed by atoms with Crippen LogP contribution in [0, 0.1) is 5.92 Å². The zero-order chi connectivity index (χ0) is 16.7. The molecule has 0 aliphatic heterocycles. The van der Waals surface area contributed by atoms with Gasteiger partial charge in [-0.15, -0.1) is 0 Å². The van der Waals surface area contributed by atoms with Crippen molar-refractivity contribution in [3.05, 3.63) is 55.0 Å². The van der Waals surface area contributed by atoms with Crippen molar-refractivity contribution in [2.75, 3.05) is 0 Å². The number of hydrogen-bond donors (Lipinski definition) is 3. The van der Waals surface area contributed by atoms with Crippen LogP contribution in [0.3, 0.4) is 0 Å². The maximum absolute atomic E-state index is 12.2. The van der Waals surface area contributed by atoms with Crippen LogP contribution in [0.1, 0.15) is 28.9 Å². The van der Waals surface area contributed by atoms with Gasteiger partial charge in [-0.2, -0.15) is 0 Å². The van der Waals surface area contributed by atoms with E-state index in [0.717, 1.165) is 23.4 Å². The minimum Gasteiger partial charge on any atom is -0.346 e. The monoisotopic (exact) mass is 344 g/mol. The number of imidazole rings is 1. The fourth-order valence-electron chi connectivity index (χ4n) is 2.72. The molecule has 3 N–H and O–H groups in total. The number of thiazole rings is 1. The summed E-state index contributed by atoms with van der Waals surface area (Å²) in [6.45, 7) is 0.991. The van der Waals surface area contributed by atoms with Crippen molar-refractivity contribution in [1.29, 1.82) is 0 Å². The van der Waals surface area contributed by atoms with Gasteiger partial charge < -0.3 is 15.3 Å². The van der Waals surface area contributed by atoms with Crippen molar-refractivity contribution in [2.24, 2.45) is 5.92 Å². The average Bonchev–Trinajstić information content (AvgIpc) is 3.21. The fourth-order valence-corrected chi connectivity index (χ4v) is 3.30. The Labute approximate surface area is 140 Å². The van der Waals surface area contributed by atoms with Gasteiger partial charge in [0.25, 0.3) is 5.91 Å². The van der Waals surface area contributed by atoms with E-state index in [1.807, 2.05) is 0 Å².